The lowest BCUT2D eigenvalue weighted by atomic mass is 10.1. The molecule has 0 aliphatic carbocycles. The number of allylic oxidation sites excluding steroid dienone is 18. The first-order chi connectivity index (χ1) is 35.5. The summed E-state index contributed by atoms with van der Waals surface area (Å²) in [5, 5.41) is 0. The molecule has 0 radical (unpaired) electrons. The van der Waals surface area contributed by atoms with Crippen molar-refractivity contribution in [3.8, 4) is 0 Å². The van der Waals surface area contributed by atoms with E-state index in [2.05, 4.69) is 130 Å². The van der Waals surface area contributed by atoms with E-state index in [4.69, 9.17) is 14.2 Å². The molecule has 0 rings (SSSR count). The molecule has 0 heterocycles. The van der Waals surface area contributed by atoms with Gasteiger partial charge in [-0.05, 0) is 109 Å². The van der Waals surface area contributed by atoms with Crippen molar-refractivity contribution in [3.63, 3.8) is 0 Å². The van der Waals surface area contributed by atoms with Crippen LogP contribution in [0.25, 0.3) is 0 Å². The second kappa shape index (κ2) is 59.6. The molecule has 1 unspecified atom stereocenters. The van der Waals surface area contributed by atoms with Gasteiger partial charge in [-0.2, -0.15) is 0 Å². The van der Waals surface area contributed by atoms with Gasteiger partial charge < -0.3 is 14.2 Å². The summed E-state index contributed by atoms with van der Waals surface area (Å²) in [6, 6.07) is 0. The van der Waals surface area contributed by atoms with Gasteiger partial charge in [0.15, 0.2) is 6.10 Å². The molecular formula is C66H110O6. The zero-order valence-electron chi connectivity index (χ0n) is 46.9. The third kappa shape index (κ3) is 57.0. The highest BCUT2D eigenvalue weighted by molar-refractivity contribution is 5.71. The Kier molecular flexibility index (Phi) is 56.4. The average Bonchev–Trinajstić information content (AvgIpc) is 3.38. The van der Waals surface area contributed by atoms with Gasteiger partial charge in [-0.1, -0.05) is 252 Å². The van der Waals surface area contributed by atoms with Crippen LogP contribution in [0.2, 0.25) is 0 Å². The summed E-state index contributed by atoms with van der Waals surface area (Å²) in [5.74, 6) is -0.927. The van der Waals surface area contributed by atoms with E-state index in [-0.39, 0.29) is 31.1 Å². The van der Waals surface area contributed by atoms with Gasteiger partial charge in [0.2, 0.25) is 0 Å². The Morgan fingerprint density at radius 3 is 0.889 bits per heavy atom. The minimum atomic E-state index is -0.794. The van der Waals surface area contributed by atoms with Crippen LogP contribution in [0, 0.1) is 0 Å². The van der Waals surface area contributed by atoms with E-state index in [0.29, 0.717) is 19.3 Å². The molecule has 0 amide bonds. The summed E-state index contributed by atoms with van der Waals surface area (Å²) in [4.78, 5) is 38.1. The van der Waals surface area contributed by atoms with Crippen LogP contribution in [0.4, 0.5) is 0 Å². The van der Waals surface area contributed by atoms with Crippen molar-refractivity contribution in [2.75, 3.05) is 13.2 Å². The SMILES string of the molecule is CC/C=C\C/C=C\C/C=C\C/C=C\C/C=C\C/C=C\C/C=C\CCCCCC(=O)OCC(COC(=O)CCCCCCCCCCCC)OC(=O)CCCCCCCCCCC/C=C\C/C=C\CCCCC. The lowest BCUT2D eigenvalue weighted by Crippen LogP contribution is -2.30. The molecule has 0 N–H and O–H groups in total. The molecule has 410 valence electrons. The largest absolute Gasteiger partial charge is 0.462 e. The minimum Gasteiger partial charge on any atom is -0.462 e. The standard InChI is InChI=1S/C66H110O6/c1-4-7-10-13-16-19-22-24-26-28-30-31-32-33-34-35-37-38-40-42-44-47-50-53-56-59-65(68)71-62-63(61-70-64(67)58-55-52-49-46-21-18-15-12-9-6-3)72-66(69)60-57-54-51-48-45-43-41-39-36-29-27-25-23-20-17-14-11-8-5-2/h7,10,16-17,19-20,24-27,30-31,33-34,37-38,42,44,63H,4-6,8-9,11-15,18,21-23,28-29,32,35-36,39-41,43,45-62H2,1-3H3/b10-7-,19-16-,20-17-,26-24-,27-25-,31-30-,34-33-,38-37-,44-42-. The van der Waals surface area contributed by atoms with Crippen molar-refractivity contribution in [2.45, 2.75) is 277 Å². The van der Waals surface area contributed by atoms with Gasteiger partial charge in [-0.15, -0.1) is 0 Å². The first kappa shape index (κ1) is 68.1. The summed E-state index contributed by atoms with van der Waals surface area (Å²) in [6.07, 6.45) is 80.8. The third-order valence-corrected chi connectivity index (χ3v) is 12.5. The van der Waals surface area contributed by atoms with E-state index in [1.165, 1.54) is 116 Å². The van der Waals surface area contributed by atoms with Crippen molar-refractivity contribution in [1.82, 2.24) is 0 Å². The molecule has 72 heavy (non-hydrogen) atoms. The van der Waals surface area contributed by atoms with Crippen molar-refractivity contribution in [3.05, 3.63) is 109 Å². The molecule has 0 aromatic rings. The third-order valence-electron chi connectivity index (χ3n) is 12.5. The molecule has 6 nitrogen and oxygen atoms in total. The van der Waals surface area contributed by atoms with Gasteiger partial charge >= 0.3 is 17.9 Å². The number of unbranched alkanes of at least 4 members (excludes halogenated alkanes) is 24. The maximum atomic E-state index is 12.9. The monoisotopic (exact) mass is 999 g/mol. The molecule has 0 fully saturated rings. The predicted octanol–water partition coefficient (Wildman–Crippen LogP) is 20.3. The van der Waals surface area contributed by atoms with Crippen LogP contribution in [0.5, 0.6) is 0 Å². The lowest BCUT2D eigenvalue weighted by molar-refractivity contribution is -0.167. The van der Waals surface area contributed by atoms with Gasteiger partial charge in [0.05, 0.1) is 0 Å². The fourth-order valence-electron chi connectivity index (χ4n) is 8.04. The van der Waals surface area contributed by atoms with E-state index >= 15 is 0 Å². The first-order valence-corrected chi connectivity index (χ1v) is 29.9. The molecule has 0 aliphatic heterocycles. The van der Waals surface area contributed by atoms with E-state index in [1.807, 2.05) is 0 Å². The second-order valence-corrected chi connectivity index (χ2v) is 19.5. The minimum absolute atomic E-state index is 0.0899. The average molecular weight is 1000 g/mol. The van der Waals surface area contributed by atoms with Crippen LogP contribution in [-0.4, -0.2) is 37.2 Å². The van der Waals surface area contributed by atoms with Crippen LogP contribution in [0.15, 0.2) is 109 Å². The highest BCUT2D eigenvalue weighted by Gasteiger charge is 2.19. The fraction of sp³-hybridized carbons (Fsp3) is 0.682. The Morgan fingerprint density at radius 2 is 0.542 bits per heavy atom. The van der Waals surface area contributed by atoms with E-state index < -0.39 is 6.10 Å². The summed E-state index contributed by atoms with van der Waals surface area (Å²) >= 11 is 0. The van der Waals surface area contributed by atoms with E-state index in [9.17, 15) is 14.4 Å². The van der Waals surface area contributed by atoms with Gasteiger partial charge in [-0.25, -0.2) is 0 Å². The van der Waals surface area contributed by atoms with Gasteiger partial charge in [-0.3, -0.25) is 14.4 Å². The van der Waals surface area contributed by atoms with Crippen LogP contribution in [-0.2, 0) is 28.6 Å². The summed E-state index contributed by atoms with van der Waals surface area (Å²) < 4.78 is 16.8. The first-order valence-electron chi connectivity index (χ1n) is 29.9. The Bertz CT molecular complexity index is 1470. The number of esters is 3. The molecule has 6 heteroatoms. The van der Waals surface area contributed by atoms with Gasteiger partial charge in [0, 0.05) is 19.3 Å². The number of carbonyl (C=O) groups is 3. The van der Waals surface area contributed by atoms with Crippen molar-refractivity contribution in [2.24, 2.45) is 0 Å². The molecule has 0 spiro atoms. The number of hydrogen-bond donors (Lipinski definition) is 0. The highest BCUT2D eigenvalue weighted by Crippen LogP contribution is 2.15. The zero-order valence-corrected chi connectivity index (χ0v) is 46.9. The number of rotatable bonds is 53. The number of hydrogen-bond acceptors (Lipinski definition) is 6. The zero-order chi connectivity index (χ0) is 52.2. The van der Waals surface area contributed by atoms with Crippen molar-refractivity contribution in [1.29, 1.82) is 0 Å². The number of ether oxygens (including phenoxy) is 3. The second-order valence-electron chi connectivity index (χ2n) is 19.5. The predicted molar refractivity (Wildman–Crippen MR) is 311 cm³/mol. The molecule has 0 aromatic heterocycles. The summed E-state index contributed by atoms with van der Waals surface area (Å²) in [5.41, 5.74) is 0. The van der Waals surface area contributed by atoms with Gasteiger partial charge in [0.25, 0.3) is 0 Å². The lowest BCUT2D eigenvalue weighted by Gasteiger charge is -2.18. The molecule has 0 aromatic carbocycles. The Labute approximate surface area is 444 Å². The molecule has 0 saturated heterocycles. The molecule has 0 saturated carbocycles. The number of carbonyl (C=O) groups excluding carboxylic acids is 3. The quantitative estimate of drug-likeness (QED) is 0.0261. The topological polar surface area (TPSA) is 78.9 Å². The van der Waals surface area contributed by atoms with Crippen LogP contribution >= 0.6 is 0 Å². The Hall–Kier alpha value is -3.93. The van der Waals surface area contributed by atoms with Crippen molar-refractivity contribution >= 4 is 17.9 Å². The Morgan fingerprint density at radius 1 is 0.292 bits per heavy atom. The van der Waals surface area contributed by atoms with E-state index in [1.54, 1.807) is 0 Å². The van der Waals surface area contributed by atoms with Crippen LogP contribution < -0.4 is 0 Å². The fourth-order valence-corrected chi connectivity index (χ4v) is 8.04. The van der Waals surface area contributed by atoms with Crippen LogP contribution in [0.3, 0.4) is 0 Å². The van der Waals surface area contributed by atoms with Crippen LogP contribution in [0.1, 0.15) is 271 Å². The summed E-state index contributed by atoms with van der Waals surface area (Å²) in [7, 11) is 0. The summed E-state index contributed by atoms with van der Waals surface area (Å²) in [6.45, 7) is 6.46. The van der Waals surface area contributed by atoms with Gasteiger partial charge in [0.1, 0.15) is 13.2 Å². The highest BCUT2D eigenvalue weighted by atomic mass is 16.6. The normalized spacial score (nSPS) is 12.9. The Balaban J connectivity index is 4.38. The molecule has 0 aliphatic rings. The maximum Gasteiger partial charge on any atom is 0.306 e. The molecule has 1 atom stereocenters. The smallest absolute Gasteiger partial charge is 0.306 e. The van der Waals surface area contributed by atoms with E-state index in [0.717, 1.165) is 116 Å². The van der Waals surface area contributed by atoms with Crippen molar-refractivity contribution < 1.29 is 28.6 Å². The maximum absolute atomic E-state index is 12.9. The molecule has 0 bridgehead atoms. The molecular weight excluding hydrogens is 889 g/mol.